The Hall–Kier alpha value is -3.53. The first-order valence-corrected chi connectivity index (χ1v) is 8.50. The molecule has 0 unspecified atom stereocenters. The molecule has 28 heavy (non-hydrogen) atoms. The van der Waals surface area contributed by atoms with Crippen molar-refractivity contribution < 1.29 is 19.2 Å². The molecular formula is C18H18N4O6. The Morgan fingerprint density at radius 2 is 1.89 bits per heavy atom. The van der Waals surface area contributed by atoms with Crippen molar-refractivity contribution in [3.05, 3.63) is 68.1 Å². The van der Waals surface area contributed by atoms with Crippen molar-refractivity contribution in [2.45, 2.75) is 0 Å². The number of non-ortho nitro benzene ring substituents is 1. The number of nitrogens with one attached hydrogen (secondary N) is 1. The lowest BCUT2D eigenvalue weighted by Crippen LogP contribution is -2.41. The molecule has 0 spiro atoms. The van der Waals surface area contributed by atoms with Gasteiger partial charge in [0.25, 0.3) is 23.1 Å². The summed E-state index contributed by atoms with van der Waals surface area (Å²) in [4.78, 5) is 49.3. The van der Waals surface area contributed by atoms with Gasteiger partial charge in [-0.05, 0) is 12.1 Å². The molecule has 1 aliphatic heterocycles. The Morgan fingerprint density at radius 1 is 1.18 bits per heavy atom. The zero-order valence-corrected chi connectivity index (χ0v) is 15.1. The van der Waals surface area contributed by atoms with Crippen molar-refractivity contribution in [1.29, 1.82) is 0 Å². The molecule has 146 valence electrons. The van der Waals surface area contributed by atoms with E-state index in [9.17, 15) is 24.5 Å². The standard InChI is InChI=1S/C18H18N4O6/c1-20-11-13(17(24)21-5-7-28-8-6-21)10-15(18(20)25)19-16(23)12-3-2-4-14(9-12)22(26)27/h2-4,9-11H,5-8H2,1H3,(H,19,23). The van der Waals surface area contributed by atoms with Crippen molar-refractivity contribution >= 4 is 23.2 Å². The lowest BCUT2D eigenvalue weighted by Gasteiger charge is -2.27. The number of aryl methyl sites for hydroxylation is 1. The maximum atomic E-state index is 12.7. The minimum absolute atomic E-state index is 0.0289. The van der Waals surface area contributed by atoms with E-state index in [1.54, 1.807) is 4.90 Å². The summed E-state index contributed by atoms with van der Waals surface area (Å²) in [6, 6.07) is 6.47. The first-order chi connectivity index (χ1) is 13.4. The van der Waals surface area contributed by atoms with E-state index in [-0.39, 0.29) is 28.4 Å². The van der Waals surface area contributed by atoms with Gasteiger partial charge in [0.05, 0.1) is 23.7 Å². The van der Waals surface area contributed by atoms with Crippen LogP contribution in [0.3, 0.4) is 0 Å². The Balaban J connectivity index is 1.87. The normalized spacial score (nSPS) is 13.8. The lowest BCUT2D eigenvalue weighted by molar-refractivity contribution is -0.384. The summed E-state index contributed by atoms with van der Waals surface area (Å²) in [5.74, 6) is -0.957. The molecule has 0 atom stereocenters. The number of morpholine rings is 1. The largest absolute Gasteiger partial charge is 0.378 e. The molecule has 0 saturated carbocycles. The average Bonchev–Trinajstić information content (AvgIpc) is 2.71. The van der Waals surface area contributed by atoms with Crippen LogP contribution in [0.25, 0.3) is 0 Å². The summed E-state index contributed by atoms with van der Waals surface area (Å²) in [6.45, 7) is 1.76. The predicted molar refractivity (Wildman–Crippen MR) is 99.5 cm³/mol. The van der Waals surface area contributed by atoms with Crippen LogP contribution in [-0.4, -0.2) is 52.5 Å². The van der Waals surface area contributed by atoms with Gasteiger partial charge >= 0.3 is 0 Å². The van der Waals surface area contributed by atoms with Crippen molar-refractivity contribution in [2.75, 3.05) is 31.6 Å². The number of hydrogen-bond donors (Lipinski definition) is 1. The molecule has 2 heterocycles. The molecule has 1 saturated heterocycles. The van der Waals surface area contributed by atoms with Gasteiger partial charge in [-0.2, -0.15) is 0 Å². The minimum atomic E-state index is -0.684. The molecule has 1 aromatic carbocycles. The van der Waals surface area contributed by atoms with Gasteiger partial charge in [-0.1, -0.05) is 6.07 Å². The van der Waals surface area contributed by atoms with E-state index in [0.717, 1.165) is 6.07 Å². The number of anilines is 1. The number of ether oxygens (including phenoxy) is 1. The predicted octanol–water partition coefficient (Wildman–Crippen LogP) is 1.02. The lowest BCUT2D eigenvalue weighted by atomic mass is 10.1. The fourth-order valence-corrected chi connectivity index (χ4v) is 2.82. The van der Waals surface area contributed by atoms with Gasteiger partial charge in [0.15, 0.2) is 0 Å². The number of nitro benzene ring substituents is 1. The van der Waals surface area contributed by atoms with Gasteiger partial charge in [0, 0.05) is 44.0 Å². The van der Waals surface area contributed by atoms with E-state index in [4.69, 9.17) is 4.74 Å². The maximum Gasteiger partial charge on any atom is 0.274 e. The molecule has 2 amide bonds. The number of rotatable bonds is 4. The highest BCUT2D eigenvalue weighted by atomic mass is 16.6. The smallest absolute Gasteiger partial charge is 0.274 e. The molecule has 0 radical (unpaired) electrons. The van der Waals surface area contributed by atoms with Crippen molar-refractivity contribution in [1.82, 2.24) is 9.47 Å². The Bertz CT molecular complexity index is 994. The van der Waals surface area contributed by atoms with Crippen molar-refractivity contribution in [2.24, 2.45) is 7.05 Å². The van der Waals surface area contributed by atoms with Gasteiger partial charge in [-0.25, -0.2) is 0 Å². The molecule has 0 bridgehead atoms. The summed E-state index contributed by atoms with van der Waals surface area (Å²) in [5, 5.41) is 13.3. The SMILES string of the molecule is Cn1cc(C(=O)N2CCOCC2)cc(NC(=O)c2cccc([N+](=O)[O-])c2)c1=O. The number of aromatic nitrogens is 1. The number of hydrogen-bond acceptors (Lipinski definition) is 6. The highest BCUT2D eigenvalue weighted by molar-refractivity contribution is 6.05. The summed E-state index contributed by atoms with van der Waals surface area (Å²) in [7, 11) is 1.47. The molecule has 1 aromatic heterocycles. The zero-order valence-electron chi connectivity index (χ0n) is 15.1. The zero-order chi connectivity index (χ0) is 20.3. The second kappa shape index (κ2) is 8.01. The fraction of sp³-hybridized carbons (Fsp3) is 0.278. The molecule has 10 heteroatoms. The van der Waals surface area contributed by atoms with Gasteiger partial charge < -0.3 is 19.5 Å². The van der Waals surface area contributed by atoms with Crippen LogP contribution in [0.4, 0.5) is 11.4 Å². The number of nitro groups is 1. The Labute approximate surface area is 159 Å². The molecule has 2 aromatic rings. The Morgan fingerprint density at radius 3 is 2.57 bits per heavy atom. The van der Waals surface area contributed by atoms with Gasteiger partial charge in [-0.15, -0.1) is 0 Å². The van der Waals surface area contributed by atoms with Gasteiger partial charge in [0.2, 0.25) is 0 Å². The summed E-state index contributed by atoms with van der Waals surface area (Å²) >= 11 is 0. The highest BCUT2D eigenvalue weighted by Gasteiger charge is 2.21. The average molecular weight is 386 g/mol. The number of pyridine rings is 1. The molecular weight excluding hydrogens is 368 g/mol. The van der Waals surface area contributed by atoms with E-state index >= 15 is 0 Å². The third kappa shape index (κ3) is 4.07. The molecule has 3 rings (SSSR count). The minimum Gasteiger partial charge on any atom is -0.378 e. The summed E-state index contributed by atoms with van der Waals surface area (Å²) in [5.41, 5.74) is -0.549. The third-order valence-electron chi connectivity index (χ3n) is 4.30. The Kier molecular flexibility index (Phi) is 5.50. The molecule has 0 aliphatic carbocycles. The molecule has 10 nitrogen and oxygen atoms in total. The quantitative estimate of drug-likeness (QED) is 0.618. The maximum absolute atomic E-state index is 12.7. The molecule has 1 fully saturated rings. The van der Waals surface area contributed by atoms with E-state index in [0.29, 0.717) is 26.3 Å². The third-order valence-corrected chi connectivity index (χ3v) is 4.30. The molecule has 1 N–H and O–H groups in total. The molecule has 1 aliphatic rings. The number of benzene rings is 1. The van der Waals surface area contributed by atoms with Crippen LogP contribution in [0.15, 0.2) is 41.3 Å². The van der Waals surface area contributed by atoms with Crippen molar-refractivity contribution in [3.63, 3.8) is 0 Å². The topological polar surface area (TPSA) is 124 Å². The first kappa shape index (κ1) is 19.2. The van der Waals surface area contributed by atoms with Gasteiger partial charge in [-0.3, -0.25) is 24.5 Å². The van der Waals surface area contributed by atoms with E-state index < -0.39 is 16.4 Å². The highest BCUT2D eigenvalue weighted by Crippen LogP contribution is 2.15. The van der Waals surface area contributed by atoms with E-state index in [1.807, 2.05) is 0 Å². The number of nitrogens with zero attached hydrogens (tertiary/aromatic N) is 3. The monoisotopic (exact) mass is 386 g/mol. The van der Waals surface area contributed by atoms with Crippen molar-refractivity contribution in [3.8, 4) is 0 Å². The summed E-state index contributed by atoms with van der Waals surface area (Å²) < 4.78 is 6.43. The summed E-state index contributed by atoms with van der Waals surface area (Å²) in [6.07, 6.45) is 1.41. The fourth-order valence-electron chi connectivity index (χ4n) is 2.82. The first-order valence-electron chi connectivity index (χ1n) is 8.50. The van der Waals surface area contributed by atoms with E-state index in [2.05, 4.69) is 5.32 Å². The second-order valence-corrected chi connectivity index (χ2v) is 6.22. The second-order valence-electron chi connectivity index (χ2n) is 6.22. The van der Waals surface area contributed by atoms with Crippen LogP contribution < -0.4 is 10.9 Å². The van der Waals surface area contributed by atoms with Crippen LogP contribution in [0, 0.1) is 10.1 Å². The van der Waals surface area contributed by atoms with Crippen LogP contribution in [0.2, 0.25) is 0 Å². The van der Waals surface area contributed by atoms with Crippen LogP contribution >= 0.6 is 0 Å². The van der Waals surface area contributed by atoms with Gasteiger partial charge in [0.1, 0.15) is 5.69 Å². The number of carbonyl (C=O) groups excluding carboxylic acids is 2. The van der Waals surface area contributed by atoms with E-state index in [1.165, 1.54) is 42.1 Å². The number of carbonyl (C=O) groups is 2. The number of amides is 2. The van der Waals surface area contributed by atoms with Crippen LogP contribution in [0.5, 0.6) is 0 Å². The van der Waals surface area contributed by atoms with Crippen LogP contribution in [-0.2, 0) is 11.8 Å². The van der Waals surface area contributed by atoms with Crippen LogP contribution in [0.1, 0.15) is 20.7 Å².